The number of rotatable bonds is 3. The highest BCUT2D eigenvalue weighted by molar-refractivity contribution is 6.31. The van der Waals surface area contributed by atoms with Gasteiger partial charge in [-0.25, -0.2) is 0 Å². The normalized spacial score (nSPS) is 24.8. The highest BCUT2D eigenvalue weighted by Crippen LogP contribution is 2.37. The molecule has 2 rings (SSSR count). The Kier molecular flexibility index (Phi) is 5.08. The van der Waals surface area contributed by atoms with E-state index in [1.165, 1.54) is 43.2 Å². The van der Waals surface area contributed by atoms with E-state index in [1.54, 1.807) is 0 Å². The summed E-state index contributed by atoms with van der Waals surface area (Å²) >= 11 is 6.28. The van der Waals surface area contributed by atoms with Gasteiger partial charge in [0.05, 0.1) is 0 Å². The van der Waals surface area contributed by atoms with Gasteiger partial charge in [0, 0.05) is 5.02 Å². The minimum atomic E-state index is 0.679. The third-order valence-electron chi connectivity index (χ3n) is 4.25. The number of nitrogens with one attached hydrogen (secondary N) is 1. The molecule has 0 amide bonds. The van der Waals surface area contributed by atoms with Gasteiger partial charge in [0.1, 0.15) is 0 Å². The molecule has 0 saturated heterocycles. The first kappa shape index (κ1) is 13.9. The summed E-state index contributed by atoms with van der Waals surface area (Å²) in [5, 5.41) is 4.27. The van der Waals surface area contributed by atoms with E-state index >= 15 is 0 Å². The third kappa shape index (κ3) is 3.27. The molecule has 18 heavy (non-hydrogen) atoms. The van der Waals surface area contributed by atoms with Gasteiger partial charge >= 0.3 is 0 Å². The van der Waals surface area contributed by atoms with Crippen molar-refractivity contribution in [2.75, 3.05) is 13.6 Å². The van der Waals surface area contributed by atoms with Crippen LogP contribution in [0.15, 0.2) is 18.2 Å². The van der Waals surface area contributed by atoms with Gasteiger partial charge in [0.2, 0.25) is 0 Å². The molecule has 2 unspecified atom stereocenters. The standard InChI is InChI=1S/C16H24ClN/c1-12-8-9-13(10-16(12)17)15-7-5-3-4-6-14(15)11-18-2/h8-10,14-15,18H,3-7,11H2,1-2H3. The molecule has 0 radical (unpaired) electrons. The summed E-state index contributed by atoms with van der Waals surface area (Å²) in [7, 11) is 2.06. The van der Waals surface area contributed by atoms with Gasteiger partial charge in [-0.2, -0.15) is 0 Å². The van der Waals surface area contributed by atoms with Crippen LogP contribution in [0, 0.1) is 12.8 Å². The van der Waals surface area contributed by atoms with E-state index < -0.39 is 0 Å². The maximum Gasteiger partial charge on any atom is 0.0438 e. The maximum absolute atomic E-state index is 6.28. The molecule has 1 fully saturated rings. The fourth-order valence-electron chi connectivity index (χ4n) is 3.17. The van der Waals surface area contributed by atoms with Crippen molar-refractivity contribution in [1.82, 2.24) is 5.32 Å². The molecule has 2 atom stereocenters. The lowest BCUT2D eigenvalue weighted by atomic mass is 9.82. The van der Waals surface area contributed by atoms with Gasteiger partial charge in [-0.1, -0.05) is 43.0 Å². The molecule has 0 heterocycles. The number of halogens is 1. The van der Waals surface area contributed by atoms with Crippen LogP contribution in [0.5, 0.6) is 0 Å². The van der Waals surface area contributed by atoms with Gasteiger partial charge in [-0.3, -0.25) is 0 Å². The first-order chi connectivity index (χ1) is 8.72. The minimum Gasteiger partial charge on any atom is -0.319 e. The van der Waals surface area contributed by atoms with Crippen molar-refractivity contribution >= 4 is 11.6 Å². The summed E-state index contributed by atoms with van der Waals surface area (Å²) in [5.74, 6) is 1.44. The highest BCUT2D eigenvalue weighted by atomic mass is 35.5. The zero-order valence-corrected chi connectivity index (χ0v) is 12.3. The second kappa shape index (κ2) is 6.58. The molecule has 2 heteroatoms. The predicted octanol–water partition coefficient (Wildman–Crippen LogP) is 4.53. The van der Waals surface area contributed by atoms with E-state index in [0.717, 1.165) is 17.5 Å². The number of aryl methyl sites for hydroxylation is 1. The summed E-state index contributed by atoms with van der Waals surface area (Å²) in [6.45, 7) is 3.19. The molecule has 0 bridgehead atoms. The van der Waals surface area contributed by atoms with Crippen LogP contribution in [0.25, 0.3) is 0 Å². The van der Waals surface area contributed by atoms with Crippen LogP contribution in [-0.4, -0.2) is 13.6 Å². The van der Waals surface area contributed by atoms with Crippen molar-refractivity contribution in [3.8, 4) is 0 Å². The molecule has 100 valence electrons. The smallest absolute Gasteiger partial charge is 0.0438 e. The van der Waals surface area contributed by atoms with Crippen molar-refractivity contribution in [1.29, 1.82) is 0 Å². The molecule has 1 saturated carbocycles. The number of benzene rings is 1. The summed E-state index contributed by atoms with van der Waals surface area (Å²) in [6.07, 6.45) is 6.78. The van der Waals surface area contributed by atoms with Crippen LogP contribution in [0.1, 0.15) is 49.1 Å². The molecular weight excluding hydrogens is 242 g/mol. The van der Waals surface area contributed by atoms with Gasteiger partial charge in [0.25, 0.3) is 0 Å². The van der Waals surface area contributed by atoms with Crippen LogP contribution < -0.4 is 5.32 Å². The van der Waals surface area contributed by atoms with Crippen molar-refractivity contribution < 1.29 is 0 Å². The second-order valence-corrected chi connectivity index (χ2v) is 5.98. The summed E-state index contributed by atoms with van der Waals surface area (Å²) in [4.78, 5) is 0. The highest BCUT2D eigenvalue weighted by Gasteiger charge is 2.24. The van der Waals surface area contributed by atoms with Crippen LogP contribution in [0.3, 0.4) is 0 Å². The first-order valence-corrected chi connectivity index (χ1v) is 7.51. The van der Waals surface area contributed by atoms with E-state index in [9.17, 15) is 0 Å². The number of hydrogen-bond acceptors (Lipinski definition) is 1. The molecular formula is C16H24ClN. The van der Waals surface area contributed by atoms with Gasteiger partial charge < -0.3 is 5.32 Å². The molecule has 1 aromatic rings. The molecule has 1 aliphatic rings. The van der Waals surface area contributed by atoms with E-state index in [-0.39, 0.29) is 0 Å². The molecule has 1 N–H and O–H groups in total. The summed E-state index contributed by atoms with van der Waals surface area (Å²) in [5.41, 5.74) is 2.62. The zero-order chi connectivity index (χ0) is 13.0. The van der Waals surface area contributed by atoms with E-state index in [4.69, 9.17) is 11.6 Å². The van der Waals surface area contributed by atoms with Crippen LogP contribution in [0.4, 0.5) is 0 Å². The Morgan fingerprint density at radius 1 is 1.22 bits per heavy atom. The second-order valence-electron chi connectivity index (χ2n) is 5.57. The van der Waals surface area contributed by atoms with Crippen LogP contribution in [-0.2, 0) is 0 Å². The Hall–Kier alpha value is -0.530. The Morgan fingerprint density at radius 3 is 2.72 bits per heavy atom. The lowest BCUT2D eigenvalue weighted by Crippen LogP contribution is -2.24. The van der Waals surface area contributed by atoms with Crippen molar-refractivity contribution in [2.45, 2.75) is 44.9 Å². The minimum absolute atomic E-state index is 0.679. The average Bonchev–Trinajstić information content (AvgIpc) is 2.59. The zero-order valence-electron chi connectivity index (χ0n) is 11.5. The SMILES string of the molecule is CNCC1CCCCCC1c1ccc(C)c(Cl)c1. The molecule has 0 spiro atoms. The summed E-state index contributed by atoms with van der Waals surface area (Å²) in [6, 6.07) is 6.63. The molecule has 0 aromatic heterocycles. The lowest BCUT2D eigenvalue weighted by molar-refractivity contribution is 0.386. The van der Waals surface area contributed by atoms with Crippen molar-refractivity contribution in [3.63, 3.8) is 0 Å². The molecule has 1 aliphatic carbocycles. The van der Waals surface area contributed by atoms with Gasteiger partial charge in [-0.05, 0) is 62.4 Å². The Balaban J connectivity index is 2.22. The fourth-order valence-corrected chi connectivity index (χ4v) is 3.36. The monoisotopic (exact) mass is 265 g/mol. The van der Waals surface area contributed by atoms with E-state index in [2.05, 4.69) is 37.5 Å². The van der Waals surface area contributed by atoms with E-state index in [1.807, 2.05) is 0 Å². The Labute approximate surface area is 116 Å². The topological polar surface area (TPSA) is 12.0 Å². The van der Waals surface area contributed by atoms with Crippen molar-refractivity contribution in [3.05, 3.63) is 34.3 Å². The predicted molar refractivity (Wildman–Crippen MR) is 79.4 cm³/mol. The molecule has 0 aliphatic heterocycles. The van der Waals surface area contributed by atoms with Gasteiger partial charge in [0.15, 0.2) is 0 Å². The average molecular weight is 266 g/mol. The molecule has 1 nitrogen and oxygen atoms in total. The van der Waals surface area contributed by atoms with E-state index in [0.29, 0.717) is 5.92 Å². The maximum atomic E-state index is 6.28. The number of hydrogen-bond donors (Lipinski definition) is 1. The lowest BCUT2D eigenvalue weighted by Gasteiger charge is -2.25. The fraction of sp³-hybridized carbons (Fsp3) is 0.625. The van der Waals surface area contributed by atoms with Gasteiger partial charge in [-0.15, -0.1) is 0 Å². The Morgan fingerprint density at radius 2 is 2.00 bits per heavy atom. The van der Waals surface area contributed by atoms with Crippen LogP contribution >= 0.6 is 11.6 Å². The first-order valence-electron chi connectivity index (χ1n) is 7.13. The largest absolute Gasteiger partial charge is 0.319 e. The third-order valence-corrected chi connectivity index (χ3v) is 4.66. The Bertz CT molecular complexity index is 389. The van der Waals surface area contributed by atoms with Crippen molar-refractivity contribution in [2.24, 2.45) is 5.92 Å². The quantitative estimate of drug-likeness (QED) is 0.792. The van der Waals surface area contributed by atoms with Crippen LogP contribution in [0.2, 0.25) is 5.02 Å². The molecule has 1 aromatic carbocycles. The summed E-state index contributed by atoms with van der Waals surface area (Å²) < 4.78 is 0.